The summed E-state index contributed by atoms with van der Waals surface area (Å²) in [5.41, 5.74) is 1.90. The van der Waals surface area contributed by atoms with Crippen molar-refractivity contribution in [2.24, 2.45) is 0 Å². The van der Waals surface area contributed by atoms with Gasteiger partial charge in [0.05, 0.1) is 12.6 Å². The van der Waals surface area contributed by atoms with E-state index in [9.17, 15) is 5.11 Å². The van der Waals surface area contributed by atoms with Crippen molar-refractivity contribution in [3.05, 3.63) is 47.7 Å². The standard InChI is InChI=1S/C17H23NO3/c1-13(20)14-4-6-15(7-5-14)17-9-8-16(21-17)12-18-10-2-3-11-19/h4-9,13,18-20H,2-3,10-12H2,1H3. The number of unbranched alkanes of at least 4 members (excludes halogenated alkanes) is 1. The molecule has 2 aromatic rings. The number of aliphatic hydroxyl groups is 2. The molecule has 1 aromatic heterocycles. The monoisotopic (exact) mass is 289 g/mol. The third-order valence-electron chi connectivity index (χ3n) is 3.40. The zero-order chi connectivity index (χ0) is 15.1. The van der Waals surface area contributed by atoms with Crippen LogP contribution >= 0.6 is 0 Å². The van der Waals surface area contributed by atoms with E-state index in [1.165, 1.54) is 0 Å². The molecule has 1 atom stereocenters. The number of aliphatic hydroxyl groups excluding tert-OH is 2. The van der Waals surface area contributed by atoms with Crippen LogP contribution in [0.15, 0.2) is 40.8 Å². The van der Waals surface area contributed by atoms with Gasteiger partial charge in [-0.1, -0.05) is 24.3 Å². The van der Waals surface area contributed by atoms with Crippen LogP contribution in [0.1, 0.15) is 37.2 Å². The van der Waals surface area contributed by atoms with Crippen LogP contribution in [0.4, 0.5) is 0 Å². The fraction of sp³-hybridized carbons (Fsp3) is 0.412. The van der Waals surface area contributed by atoms with Gasteiger partial charge in [0.25, 0.3) is 0 Å². The van der Waals surface area contributed by atoms with Crippen molar-refractivity contribution in [3.8, 4) is 11.3 Å². The third-order valence-corrected chi connectivity index (χ3v) is 3.40. The molecule has 0 amide bonds. The molecule has 0 radical (unpaired) electrons. The zero-order valence-corrected chi connectivity index (χ0v) is 12.4. The number of rotatable bonds is 8. The Morgan fingerprint density at radius 1 is 1.10 bits per heavy atom. The highest BCUT2D eigenvalue weighted by molar-refractivity contribution is 5.58. The fourth-order valence-electron chi connectivity index (χ4n) is 2.13. The Balaban J connectivity index is 1.90. The minimum atomic E-state index is -0.450. The summed E-state index contributed by atoms with van der Waals surface area (Å²) in [6.45, 7) is 3.56. The lowest BCUT2D eigenvalue weighted by atomic mass is 10.1. The van der Waals surface area contributed by atoms with Crippen LogP contribution in [0, 0.1) is 0 Å². The Labute approximate surface area is 125 Å². The summed E-state index contributed by atoms with van der Waals surface area (Å²) in [7, 11) is 0. The maximum atomic E-state index is 9.50. The van der Waals surface area contributed by atoms with Crippen molar-refractivity contribution in [2.75, 3.05) is 13.2 Å². The molecule has 0 aliphatic carbocycles. The van der Waals surface area contributed by atoms with Crippen LogP contribution in [-0.2, 0) is 6.54 Å². The summed E-state index contributed by atoms with van der Waals surface area (Å²) < 4.78 is 5.80. The van der Waals surface area contributed by atoms with Gasteiger partial charge >= 0.3 is 0 Å². The second kappa shape index (κ2) is 7.98. The van der Waals surface area contributed by atoms with Crippen LogP contribution in [0.5, 0.6) is 0 Å². The molecule has 1 aromatic carbocycles. The molecular weight excluding hydrogens is 266 g/mol. The molecule has 4 nitrogen and oxygen atoms in total. The Bertz CT molecular complexity index is 531. The SMILES string of the molecule is CC(O)c1ccc(-c2ccc(CNCCCCO)o2)cc1. The topological polar surface area (TPSA) is 65.6 Å². The number of hydrogen-bond donors (Lipinski definition) is 3. The predicted molar refractivity (Wildman–Crippen MR) is 82.8 cm³/mol. The molecule has 3 N–H and O–H groups in total. The van der Waals surface area contributed by atoms with Crippen LogP contribution < -0.4 is 5.32 Å². The lowest BCUT2D eigenvalue weighted by Crippen LogP contribution is -2.14. The summed E-state index contributed by atoms with van der Waals surface area (Å²) in [4.78, 5) is 0. The predicted octanol–water partition coefficient (Wildman–Crippen LogP) is 2.86. The average molecular weight is 289 g/mol. The van der Waals surface area contributed by atoms with Gasteiger partial charge in [-0.3, -0.25) is 0 Å². The van der Waals surface area contributed by atoms with Crippen LogP contribution in [-0.4, -0.2) is 23.4 Å². The molecule has 1 unspecified atom stereocenters. The van der Waals surface area contributed by atoms with Gasteiger partial charge in [-0.25, -0.2) is 0 Å². The fourth-order valence-corrected chi connectivity index (χ4v) is 2.13. The first-order valence-corrected chi connectivity index (χ1v) is 7.39. The summed E-state index contributed by atoms with van der Waals surface area (Å²) in [5.74, 6) is 1.73. The lowest BCUT2D eigenvalue weighted by Gasteiger charge is -2.05. The number of furan rings is 1. The molecule has 0 spiro atoms. The quantitative estimate of drug-likeness (QED) is 0.654. The van der Waals surface area contributed by atoms with Gasteiger partial charge in [0.2, 0.25) is 0 Å². The summed E-state index contributed by atoms with van der Waals surface area (Å²) in [6, 6.07) is 11.7. The molecule has 4 heteroatoms. The maximum absolute atomic E-state index is 9.50. The lowest BCUT2D eigenvalue weighted by molar-refractivity contribution is 0.199. The van der Waals surface area contributed by atoms with Crippen molar-refractivity contribution >= 4 is 0 Å². The van der Waals surface area contributed by atoms with Crippen LogP contribution in [0.25, 0.3) is 11.3 Å². The summed E-state index contributed by atoms with van der Waals surface area (Å²) in [5, 5.41) is 21.5. The summed E-state index contributed by atoms with van der Waals surface area (Å²) >= 11 is 0. The normalized spacial score (nSPS) is 12.5. The average Bonchev–Trinajstić information content (AvgIpc) is 2.96. The number of benzene rings is 1. The van der Waals surface area contributed by atoms with E-state index in [4.69, 9.17) is 9.52 Å². The van der Waals surface area contributed by atoms with E-state index < -0.39 is 6.10 Å². The minimum Gasteiger partial charge on any atom is -0.460 e. The highest BCUT2D eigenvalue weighted by atomic mass is 16.3. The Kier molecular flexibility index (Phi) is 5.99. The highest BCUT2D eigenvalue weighted by Crippen LogP contribution is 2.24. The van der Waals surface area contributed by atoms with Crippen molar-refractivity contribution in [3.63, 3.8) is 0 Å². The molecule has 0 saturated carbocycles. The van der Waals surface area contributed by atoms with Gasteiger partial charge in [0.15, 0.2) is 0 Å². The summed E-state index contributed by atoms with van der Waals surface area (Å²) in [6.07, 6.45) is 1.34. The van der Waals surface area contributed by atoms with Gasteiger partial charge in [-0.2, -0.15) is 0 Å². The molecule has 21 heavy (non-hydrogen) atoms. The number of nitrogens with one attached hydrogen (secondary N) is 1. The van der Waals surface area contributed by atoms with Crippen molar-refractivity contribution < 1.29 is 14.6 Å². The first-order valence-electron chi connectivity index (χ1n) is 7.39. The van der Waals surface area contributed by atoms with E-state index in [0.29, 0.717) is 6.54 Å². The second-order valence-corrected chi connectivity index (χ2v) is 5.17. The minimum absolute atomic E-state index is 0.245. The Hall–Kier alpha value is -1.62. The van der Waals surface area contributed by atoms with Crippen molar-refractivity contribution in [1.29, 1.82) is 0 Å². The van der Waals surface area contributed by atoms with E-state index in [0.717, 1.165) is 42.0 Å². The van der Waals surface area contributed by atoms with Crippen molar-refractivity contribution in [2.45, 2.75) is 32.4 Å². The van der Waals surface area contributed by atoms with E-state index in [1.54, 1.807) is 6.92 Å². The van der Waals surface area contributed by atoms with Gasteiger partial charge < -0.3 is 19.9 Å². The van der Waals surface area contributed by atoms with Gasteiger partial charge in [-0.05, 0) is 44.0 Å². The largest absolute Gasteiger partial charge is 0.460 e. The molecule has 0 aliphatic rings. The molecule has 2 rings (SSSR count). The second-order valence-electron chi connectivity index (χ2n) is 5.17. The molecule has 1 heterocycles. The first-order chi connectivity index (χ1) is 10.2. The molecule has 0 bridgehead atoms. The Morgan fingerprint density at radius 2 is 1.86 bits per heavy atom. The molecular formula is C17H23NO3. The van der Waals surface area contributed by atoms with E-state index in [2.05, 4.69) is 5.32 Å². The van der Waals surface area contributed by atoms with E-state index in [1.807, 2.05) is 36.4 Å². The van der Waals surface area contributed by atoms with E-state index in [-0.39, 0.29) is 6.61 Å². The molecule has 0 saturated heterocycles. The number of hydrogen-bond acceptors (Lipinski definition) is 4. The van der Waals surface area contributed by atoms with Crippen molar-refractivity contribution in [1.82, 2.24) is 5.32 Å². The van der Waals surface area contributed by atoms with Gasteiger partial charge in [-0.15, -0.1) is 0 Å². The molecule has 0 fully saturated rings. The van der Waals surface area contributed by atoms with Gasteiger partial charge in [0.1, 0.15) is 11.5 Å². The third kappa shape index (κ3) is 4.70. The highest BCUT2D eigenvalue weighted by Gasteiger charge is 2.06. The molecule has 114 valence electrons. The molecule has 0 aliphatic heterocycles. The Morgan fingerprint density at radius 3 is 2.52 bits per heavy atom. The first kappa shape index (κ1) is 15.8. The van der Waals surface area contributed by atoms with Gasteiger partial charge in [0, 0.05) is 12.2 Å². The van der Waals surface area contributed by atoms with E-state index >= 15 is 0 Å². The smallest absolute Gasteiger partial charge is 0.134 e. The zero-order valence-electron chi connectivity index (χ0n) is 12.4. The van der Waals surface area contributed by atoms with Crippen LogP contribution in [0.2, 0.25) is 0 Å². The van der Waals surface area contributed by atoms with Crippen LogP contribution in [0.3, 0.4) is 0 Å². The maximum Gasteiger partial charge on any atom is 0.134 e.